The van der Waals surface area contributed by atoms with Gasteiger partial charge in [-0.05, 0) is 44.2 Å². The third-order valence-electron chi connectivity index (χ3n) is 4.91. The van der Waals surface area contributed by atoms with Gasteiger partial charge in [0, 0.05) is 17.5 Å². The van der Waals surface area contributed by atoms with Crippen molar-refractivity contribution < 1.29 is 13.9 Å². The molecule has 3 rings (SSSR count). The Morgan fingerprint density at radius 2 is 1.88 bits per heavy atom. The van der Waals surface area contributed by atoms with Gasteiger partial charge in [0.2, 0.25) is 0 Å². The highest BCUT2D eigenvalue weighted by Crippen LogP contribution is 2.33. The van der Waals surface area contributed by atoms with Gasteiger partial charge in [0.05, 0.1) is 19.3 Å². The summed E-state index contributed by atoms with van der Waals surface area (Å²) in [5.74, 6) is -0.191. The molecule has 1 aromatic heterocycles. The molecule has 0 aliphatic carbocycles. The summed E-state index contributed by atoms with van der Waals surface area (Å²) in [5.41, 5.74) is 3.09. The number of carbonyl (C=O) groups excluding carboxylic acids is 1. The second-order valence-electron chi connectivity index (χ2n) is 6.49. The van der Waals surface area contributed by atoms with Crippen LogP contribution in [-0.2, 0) is 9.53 Å². The molecule has 1 heterocycles. The lowest BCUT2D eigenvalue weighted by Crippen LogP contribution is -2.30. The Hall–Kier alpha value is -2.59. The minimum absolute atomic E-state index is 0.0984. The maximum atomic E-state index is 12.2. The van der Waals surface area contributed by atoms with E-state index in [1.54, 1.807) is 6.26 Å². The molecule has 4 nitrogen and oxygen atoms in total. The second kappa shape index (κ2) is 8.19. The molecule has 4 heteroatoms. The van der Waals surface area contributed by atoms with Gasteiger partial charge in [0.15, 0.2) is 0 Å². The highest BCUT2D eigenvalue weighted by atomic mass is 16.5. The van der Waals surface area contributed by atoms with E-state index >= 15 is 0 Å². The maximum absolute atomic E-state index is 12.2. The van der Waals surface area contributed by atoms with E-state index in [9.17, 15) is 4.79 Å². The van der Waals surface area contributed by atoms with Crippen molar-refractivity contribution in [1.29, 1.82) is 0 Å². The molecule has 3 aromatic rings. The molecule has 0 spiro atoms. The van der Waals surface area contributed by atoms with E-state index in [2.05, 4.69) is 30.0 Å². The van der Waals surface area contributed by atoms with Crippen molar-refractivity contribution >= 4 is 16.9 Å². The number of hydrogen-bond acceptors (Lipinski definition) is 4. The quantitative estimate of drug-likeness (QED) is 0.554. The monoisotopic (exact) mass is 351 g/mol. The molecule has 0 fully saturated rings. The van der Waals surface area contributed by atoms with Crippen LogP contribution >= 0.6 is 0 Å². The molecule has 1 unspecified atom stereocenters. The van der Waals surface area contributed by atoms with E-state index in [0.29, 0.717) is 13.0 Å². The summed E-state index contributed by atoms with van der Waals surface area (Å²) in [7, 11) is 2.05. The minimum Gasteiger partial charge on any atom is -0.466 e. The van der Waals surface area contributed by atoms with E-state index in [1.165, 1.54) is 5.56 Å². The van der Waals surface area contributed by atoms with E-state index < -0.39 is 0 Å². The summed E-state index contributed by atoms with van der Waals surface area (Å²) in [6.45, 7) is 4.37. The van der Waals surface area contributed by atoms with E-state index in [-0.39, 0.29) is 18.1 Å². The Morgan fingerprint density at radius 3 is 2.62 bits per heavy atom. The molecule has 0 aliphatic heterocycles. The number of furan rings is 1. The van der Waals surface area contributed by atoms with E-state index in [1.807, 2.05) is 50.4 Å². The van der Waals surface area contributed by atoms with E-state index in [4.69, 9.17) is 9.15 Å². The SMILES string of the molecule is CCOC(=O)CC(c1ccc2ccoc2c1)N(C)[C@H](C)c1ccccc1. The first-order valence-corrected chi connectivity index (χ1v) is 8.99. The van der Waals surface area contributed by atoms with Crippen LogP contribution in [0.2, 0.25) is 0 Å². The van der Waals surface area contributed by atoms with Gasteiger partial charge >= 0.3 is 5.97 Å². The maximum Gasteiger partial charge on any atom is 0.307 e. The molecule has 0 amide bonds. The van der Waals surface area contributed by atoms with E-state index in [0.717, 1.165) is 16.5 Å². The predicted molar refractivity (Wildman–Crippen MR) is 103 cm³/mol. The third kappa shape index (κ3) is 3.97. The van der Waals surface area contributed by atoms with Crippen molar-refractivity contribution in [2.75, 3.05) is 13.7 Å². The van der Waals surface area contributed by atoms with Gasteiger partial charge in [-0.15, -0.1) is 0 Å². The lowest BCUT2D eigenvalue weighted by molar-refractivity contribution is -0.144. The van der Waals surface area contributed by atoms with Crippen molar-refractivity contribution in [2.45, 2.75) is 32.4 Å². The lowest BCUT2D eigenvalue weighted by atomic mass is 9.98. The van der Waals surface area contributed by atoms with Gasteiger partial charge in [0.1, 0.15) is 5.58 Å². The van der Waals surface area contributed by atoms with Crippen molar-refractivity contribution in [2.24, 2.45) is 0 Å². The Kier molecular flexibility index (Phi) is 5.74. The average molecular weight is 351 g/mol. The topological polar surface area (TPSA) is 42.7 Å². The molecule has 0 saturated carbocycles. The van der Waals surface area contributed by atoms with Gasteiger partial charge in [0.25, 0.3) is 0 Å². The highest BCUT2D eigenvalue weighted by molar-refractivity contribution is 5.78. The minimum atomic E-state index is -0.191. The number of esters is 1. The molecular formula is C22H25NO3. The summed E-state index contributed by atoms with van der Waals surface area (Å²) in [6.07, 6.45) is 1.98. The van der Waals surface area contributed by atoms with Gasteiger partial charge in [-0.1, -0.05) is 42.5 Å². The number of benzene rings is 2. The van der Waals surface area contributed by atoms with Crippen LogP contribution in [0.3, 0.4) is 0 Å². The molecular weight excluding hydrogens is 326 g/mol. The fourth-order valence-corrected chi connectivity index (χ4v) is 3.29. The summed E-state index contributed by atoms with van der Waals surface area (Å²) in [5, 5.41) is 1.06. The van der Waals surface area contributed by atoms with Crippen molar-refractivity contribution in [3.63, 3.8) is 0 Å². The summed E-state index contributed by atoms with van der Waals surface area (Å²) >= 11 is 0. The van der Waals surface area contributed by atoms with Crippen LogP contribution in [0.15, 0.2) is 65.3 Å². The van der Waals surface area contributed by atoms with Crippen LogP contribution in [-0.4, -0.2) is 24.5 Å². The summed E-state index contributed by atoms with van der Waals surface area (Å²) in [4.78, 5) is 14.5. The molecule has 0 aliphatic rings. The summed E-state index contributed by atoms with van der Waals surface area (Å²) in [6, 6.07) is 18.4. The molecule has 0 saturated heterocycles. The Morgan fingerprint density at radius 1 is 1.12 bits per heavy atom. The Balaban J connectivity index is 1.92. The fourth-order valence-electron chi connectivity index (χ4n) is 3.29. The predicted octanol–water partition coefficient (Wildman–Crippen LogP) is 5.12. The Bertz CT molecular complexity index is 856. The molecule has 0 radical (unpaired) electrons. The summed E-state index contributed by atoms with van der Waals surface area (Å²) < 4.78 is 10.8. The third-order valence-corrected chi connectivity index (χ3v) is 4.91. The zero-order valence-corrected chi connectivity index (χ0v) is 15.5. The number of ether oxygens (including phenoxy) is 1. The van der Waals surface area contributed by atoms with Gasteiger partial charge in [-0.3, -0.25) is 9.69 Å². The van der Waals surface area contributed by atoms with Gasteiger partial charge < -0.3 is 9.15 Å². The second-order valence-corrected chi connectivity index (χ2v) is 6.49. The molecule has 0 N–H and O–H groups in total. The standard InChI is InChI=1S/C22H25NO3/c1-4-25-22(24)15-20(19-11-10-18-12-13-26-21(18)14-19)23(3)16(2)17-8-6-5-7-9-17/h5-14,16,20H,4,15H2,1-3H3/t16-,20?/m1/s1. The Labute approximate surface area is 154 Å². The lowest BCUT2D eigenvalue weighted by Gasteiger charge is -2.33. The zero-order valence-electron chi connectivity index (χ0n) is 15.5. The van der Waals surface area contributed by atoms with Crippen molar-refractivity contribution in [3.05, 3.63) is 72.0 Å². The van der Waals surface area contributed by atoms with Crippen LogP contribution in [0, 0.1) is 0 Å². The largest absolute Gasteiger partial charge is 0.466 e. The van der Waals surface area contributed by atoms with Crippen LogP contribution in [0.5, 0.6) is 0 Å². The number of hydrogen-bond donors (Lipinski definition) is 0. The highest BCUT2D eigenvalue weighted by Gasteiger charge is 2.26. The van der Waals surface area contributed by atoms with Crippen LogP contribution < -0.4 is 0 Å². The number of rotatable bonds is 7. The number of carbonyl (C=O) groups is 1. The molecule has 2 atom stereocenters. The number of nitrogens with zero attached hydrogens (tertiary/aromatic N) is 1. The average Bonchev–Trinajstić information content (AvgIpc) is 3.13. The molecule has 136 valence electrons. The number of fused-ring (bicyclic) bond motifs is 1. The first-order chi connectivity index (χ1) is 12.6. The fraction of sp³-hybridized carbons (Fsp3) is 0.318. The first-order valence-electron chi connectivity index (χ1n) is 8.99. The van der Waals surface area contributed by atoms with Gasteiger partial charge in [-0.2, -0.15) is 0 Å². The van der Waals surface area contributed by atoms with Gasteiger partial charge in [-0.25, -0.2) is 0 Å². The molecule has 0 bridgehead atoms. The molecule has 2 aromatic carbocycles. The van der Waals surface area contributed by atoms with Crippen molar-refractivity contribution in [3.8, 4) is 0 Å². The molecule has 26 heavy (non-hydrogen) atoms. The zero-order chi connectivity index (χ0) is 18.5. The van der Waals surface area contributed by atoms with Crippen LogP contribution in [0.25, 0.3) is 11.0 Å². The normalized spacial score (nSPS) is 13.7. The smallest absolute Gasteiger partial charge is 0.307 e. The van der Waals surface area contributed by atoms with Crippen LogP contribution in [0.4, 0.5) is 0 Å². The first kappa shape index (κ1) is 18.2. The van der Waals surface area contributed by atoms with Crippen molar-refractivity contribution in [1.82, 2.24) is 4.90 Å². The van der Waals surface area contributed by atoms with Crippen LogP contribution in [0.1, 0.15) is 43.5 Å².